The predicted octanol–water partition coefficient (Wildman–Crippen LogP) is 2.83. The first-order chi connectivity index (χ1) is 9.26. The van der Waals surface area contributed by atoms with Gasteiger partial charge in [0.15, 0.2) is 0 Å². The Bertz CT molecular complexity index is 390. The largest absolute Gasteiger partial charge is 0.494 e. The third kappa shape index (κ3) is 3.48. The molecule has 3 heteroatoms. The molecule has 0 aliphatic heterocycles. The Morgan fingerprint density at radius 3 is 2.68 bits per heavy atom. The normalized spacial score (nSPS) is 17.3. The third-order valence-electron chi connectivity index (χ3n) is 4.11. The number of ether oxygens (including phenoxy) is 1. The first-order valence-electron chi connectivity index (χ1n) is 7.35. The van der Waals surface area contributed by atoms with Crippen molar-refractivity contribution in [2.45, 2.75) is 38.3 Å². The fourth-order valence-corrected chi connectivity index (χ4v) is 2.67. The summed E-state index contributed by atoms with van der Waals surface area (Å²) < 4.78 is 5.74. The molecule has 106 valence electrons. The van der Waals surface area contributed by atoms with E-state index >= 15 is 0 Å². The summed E-state index contributed by atoms with van der Waals surface area (Å²) in [7, 11) is 4.26. The Labute approximate surface area is 116 Å². The highest BCUT2D eigenvalue weighted by Crippen LogP contribution is 2.29. The molecule has 0 amide bonds. The quantitative estimate of drug-likeness (QED) is 0.818. The van der Waals surface area contributed by atoms with Crippen molar-refractivity contribution in [3.63, 3.8) is 0 Å². The van der Waals surface area contributed by atoms with Crippen LogP contribution in [0.1, 0.15) is 37.8 Å². The van der Waals surface area contributed by atoms with E-state index in [-0.39, 0.29) is 0 Å². The molecule has 2 rings (SSSR count). The standard InChI is InChI=1S/C16H26N2O/c1-4-19-16-11-6-5-10-14(16)15(17-2)12-18(3)13-8-7-9-13/h5-6,10-11,13,15,17H,4,7-9,12H2,1-3H3. The lowest BCUT2D eigenvalue weighted by Gasteiger charge is -2.37. The molecule has 1 N–H and O–H groups in total. The van der Waals surface area contributed by atoms with Crippen LogP contribution in [0.3, 0.4) is 0 Å². The Hall–Kier alpha value is -1.06. The molecule has 0 spiro atoms. The maximum Gasteiger partial charge on any atom is 0.124 e. The summed E-state index contributed by atoms with van der Waals surface area (Å²) in [6.45, 7) is 3.78. The van der Waals surface area contributed by atoms with Gasteiger partial charge in [-0.15, -0.1) is 0 Å². The number of rotatable bonds is 7. The van der Waals surface area contributed by atoms with Crippen LogP contribution in [0.5, 0.6) is 5.75 Å². The van der Waals surface area contributed by atoms with Crippen molar-refractivity contribution in [2.75, 3.05) is 27.2 Å². The SMILES string of the molecule is CCOc1ccccc1C(CN(C)C1CCC1)NC. The molecule has 1 aromatic carbocycles. The van der Waals surface area contributed by atoms with Crippen LogP contribution >= 0.6 is 0 Å². The predicted molar refractivity (Wildman–Crippen MR) is 79.7 cm³/mol. The van der Waals surface area contributed by atoms with Gasteiger partial charge in [0.1, 0.15) is 5.75 Å². The summed E-state index contributed by atoms with van der Waals surface area (Å²) in [5.41, 5.74) is 1.26. The summed E-state index contributed by atoms with van der Waals surface area (Å²) in [5.74, 6) is 1.01. The first kappa shape index (κ1) is 14.4. The summed E-state index contributed by atoms with van der Waals surface area (Å²) in [4.78, 5) is 2.48. The van der Waals surface area contributed by atoms with Gasteiger partial charge in [-0.3, -0.25) is 0 Å². The van der Waals surface area contributed by atoms with Crippen LogP contribution in [0, 0.1) is 0 Å². The zero-order valence-electron chi connectivity index (χ0n) is 12.4. The van der Waals surface area contributed by atoms with Crippen LogP contribution in [0.15, 0.2) is 24.3 Å². The van der Waals surface area contributed by atoms with Gasteiger partial charge in [-0.25, -0.2) is 0 Å². The van der Waals surface area contributed by atoms with Gasteiger partial charge >= 0.3 is 0 Å². The van der Waals surface area contributed by atoms with E-state index in [1.165, 1.54) is 24.8 Å². The molecule has 1 aliphatic carbocycles. The Morgan fingerprint density at radius 1 is 1.37 bits per heavy atom. The van der Waals surface area contributed by atoms with E-state index in [2.05, 4.69) is 35.5 Å². The molecule has 1 aliphatic rings. The number of benzene rings is 1. The third-order valence-corrected chi connectivity index (χ3v) is 4.11. The topological polar surface area (TPSA) is 24.5 Å². The number of nitrogens with one attached hydrogen (secondary N) is 1. The lowest BCUT2D eigenvalue weighted by molar-refractivity contribution is 0.146. The zero-order valence-corrected chi connectivity index (χ0v) is 12.4. The van der Waals surface area contributed by atoms with E-state index in [4.69, 9.17) is 4.74 Å². The molecule has 0 saturated heterocycles. The number of hydrogen-bond acceptors (Lipinski definition) is 3. The average Bonchev–Trinajstić information content (AvgIpc) is 2.35. The highest BCUT2D eigenvalue weighted by Gasteiger charge is 2.25. The van der Waals surface area contributed by atoms with Crippen molar-refractivity contribution in [1.29, 1.82) is 0 Å². The van der Waals surface area contributed by atoms with E-state index in [1.807, 2.05) is 20.0 Å². The Balaban J connectivity index is 2.07. The van der Waals surface area contributed by atoms with Crippen molar-refractivity contribution < 1.29 is 4.74 Å². The maximum absolute atomic E-state index is 5.74. The second-order valence-corrected chi connectivity index (χ2v) is 5.34. The lowest BCUT2D eigenvalue weighted by Crippen LogP contribution is -2.41. The molecule has 19 heavy (non-hydrogen) atoms. The van der Waals surface area contributed by atoms with Gasteiger partial charge in [-0.1, -0.05) is 24.6 Å². The van der Waals surface area contributed by atoms with Crippen molar-refractivity contribution in [2.24, 2.45) is 0 Å². The molecule has 0 heterocycles. The zero-order chi connectivity index (χ0) is 13.7. The molecule has 1 fully saturated rings. The van der Waals surface area contributed by atoms with E-state index in [9.17, 15) is 0 Å². The smallest absolute Gasteiger partial charge is 0.124 e. The van der Waals surface area contributed by atoms with Crippen molar-refractivity contribution >= 4 is 0 Å². The molecule has 1 aromatic rings. The highest BCUT2D eigenvalue weighted by atomic mass is 16.5. The summed E-state index contributed by atoms with van der Waals surface area (Å²) in [5, 5.41) is 3.43. The van der Waals surface area contributed by atoms with Crippen LogP contribution in [-0.2, 0) is 0 Å². The second kappa shape index (κ2) is 6.92. The molecule has 1 saturated carbocycles. The molecule has 0 radical (unpaired) electrons. The molecule has 0 aromatic heterocycles. The van der Waals surface area contributed by atoms with Gasteiger partial charge in [-0.2, -0.15) is 0 Å². The number of nitrogens with zero attached hydrogens (tertiary/aromatic N) is 1. The van der Waals surface area contributed by atoms with Crippen molar-refractivity contribution in [1.82, 2.24) is 10.2 Å². The molecule has 1 unspecified atom stereocenters. The molecule has 1 atom stereocenters. The van der Waals surface area contributed by atoms with Crippen LogP contribution in [0.4, 0.5) is 0 Å². The molecular weight excluding hydrogens is 236 g/mol. The van der Waals surface area contributed by atoms with Gasteiger partial charge in [0.25, 0.3) is 0 Å². The summed E-state index contributed by atoms with van der Waals surface area (Å²) >= 11 is 0. The average molecular weight is 262 g/mol. The highest BCUT2D eigenvalue weighted by molar-refractivity contribution is 5.36. The summed E-state index contributed by atoms with van der Waals surface area (Å²) in [6.07, 6.45) is 4.08. The number of likely N-dealkylation sites (N-methyl/N-ethyl adjacent to an activating group) is 2. The van der Waals surface area contributed by atoms with Crippen LogP contribution in [0.25, 0.3) is 0 Å². The fraction of sp³-hybridized carbons (Fsp3) is 0.625. The number of para-hydroxylation sites is 1. The van der Waals surface area contributed by atoms with Crippen LogP contribution in [0.2, 0.25) is 0 Å². The number of hydrogen-bond donors (Lipinski definition) is 1. The maximum atomic E-state index is 5.74. The first-order valence-corrected chi connectivity index (χ1v) is 7.35. The van der Waals surface area contributed by atoms with Gasteiger partial charge in [0.2, 0.25) is 0 Å². The Morgan fingerprint density at radius 2 is 2.11 bits per heavy atom. The minimum Gasteiger partial charge on any atom is -0.494 e. The van der Waals surface area contributed by atoms with E-state index in [0.717, 1.165) is 18.3 Å². The van der Waals surface area contributed by atoms with Gasteiger partial charge in [-0.05, 0) is 39.9 Å². The van der Waals surface area contributed by atoms with E-state index in [0.29, 0.717) is 12.6 Å². The minimum atomic E-state index is 0.327. The summed E-state index contributed by atoms with van der Waals surface area (Å²) in [6, 6.07) is 9.46. The minimum absolute atomic E-state index is 0.327. The van der Waals surface area contributed by atoms with Crippen LogP contribution < -0.4 is 10.1 Å². The molecule has 0 bridgehead atoms. The van der Waals surface area contributed by atoms with E-state index in [1.54, 1.807) is 0 Å². The van der Waals surface area contributed by atoms with Gasteiger partial charge in [0, 0.05) is 24.2 Å². The fourth-order valence-electron chi connectivity index (χ4n) is 2.67. The van der Waals surface area contributed by atoms with Gasteiger partial charge < -0.3 is 15.0 Å². The Kier molecular flexibility index (Phi) is 5.23. The van der Waals surface area contributed by atoms with Crippen molar-refractivity contribution in [3.05, 3.63) is 29.8 Å². The monoisotopic (exact) mass is 262 g/mol. The van der Waals surface area contributed by atoms with Gasteiger partial charge in [0.05, 0.1) is 6.61 Å². The molecular formula is C16H26N2O. The van der Waals surface area contributed by atoms with E-state index < -0.39 is 0 Å². The van der Waals surface area contributed by atoms with Crippen molar-refractivity contribution in [3.8, 4) is 5.75 Å². The lowest BCUT2D eigenvalue weighted by atomic mass is 9.91. The second-order valence-electron chi connectivity index (χ2n) is 5.34. The van der Waals surface area contributed by atoms with Crippen LogP contribution in [-0.4, -0.2) is 38.2 Å². The molecule has 3 nitrogen and oxygen atoms in total.